The van der Waals surface area contributed by atoms with Crippen LogP contribution in [0, 0.1) is 10.8 Å². The van der Waals surface area contributed by atoms with Gasteiger partial charge in [-0.3, -0.25) is 0 Å². The average molecular weight is 200 g/mol. The normalized spacial score (nSPS) is 13.7. The van der Waals surface area contributed by atoms with Crippen molar-refractivity contribution in [1.29, 1.82) is 0 Å². The summed E-state index contributed by atoms with van der Waals surface area (Å²) in [6.45, 7) is 13.3. The lowest BCUT2D eigenvalue weighted by atomic mass is 9.78. The van der Waals surface area contributed by atoms with Gasteiger partial charge in [-0.2, -0.15) is 0 Å². The van der Waals surface area contributed by atoms with Crippen LogP contribution < -0.4 is 0 Å². The molecule has 1 heteroatoms. The second kappa shape index (κ2) is 5.16. The van der Waals surface area contributed by atoms with Crippen molar-refractivity contribution in [2.24, 2.45) is 10.8 Å². The fourth-order valence-corrected chi connectivity index (χ4v) is 1.64. The molecule has 0 aromatic carbocycles. The van der Waals surface area contributed by atoms with Gasteiger partial charge in [0.2, 0.25) is 0 Å². The van der Waals surface area contributed by atoms with Gasteiger partial charge in [0.15, 0.2) is 0 Å². The molecule has 0 aromatic rings. The van der Waals surface area contributed by atoms with Crippen molar-refractivity contribution < 1.29 is 5.11 Å². The van der Waals surface area contributed by atoms with Gasteiger partial charge in [-0.15, -0.1) is 0 Å². The van der Waals surface area contributed by atoms with Crippen LogP contribution in [0.2, 0.25) is 0 Å². The Balaban J connectivity index is 4.04. The number of rotatable bonds is 6. The highest BCUT2D eigenvalue weighted by Crippen LogP contribution is 2.32. The van der Waals surface area contributed by atoms with Crippen LogP contribution in [-0.2, 0) is 0 Å². The molecule has 0 unspecified atom stereocenters. The Morgan fingerprint density at radius 1 is 0.857 bits per heavy atom. The van der Waals surface area contributed by atoms with E-state index in [0.29, 0.717) is 0 Å². The molecule has 0 fully saturated rings. The van der Waals surface area contributed by atoms with Crippen molar-refractivity contribution >= 4 is 0 Å². The minimum atomic E-state index is -0.139. The van der Waals surface area contributed by atoms with Crippen LogP contribution in [-0.4, -0.2) is 11.2 Å². The van der Waals surface area contributed by atoms with Gasteiger partial charge >= 0.3 is 0 Å². The van der Waals surface area contributed by atoms with Gasteiger partial charge in [0.05, 0.1) is 6.10 Å². The molecule has 0 rings (SSSR count). The van der Waals surface area contributed by atoms with Crippen LogP contribution in [0.25, 0.3) is 0 Å². The molecular formula is C13H28O. The maximum Gasteiger partial charge on any atom is 0.0550 e. The molecule has 0 aliphatic rings. The van der Waals surface area contributed by atoms with E-state index >= 15 is 0 Å². The van der Waals surface area contributed by atoms with Gasteiger partial charge in [-0.05, 0) is 23.7 Å². The zero-order valence-electron chi connectivity index (χ0n) is 10.9. The summed E-state index contributed by atoms with van der Waals surface area (Å²) < 4.78 is 0. The lowest BCUT2D eigenvalue weighted by molar-refractivity contribution is 0.0677. The van der Waals surface area contributed by atoms with E-state index in [1.807, 2.05) is 0 Å². The molecule has 86 valence electrons. The quantitative estimate of drug-likeness (QED) is 0.687. The molecule has 0 amide bonds. The Labute approximate surface area is 89.9 Å². The number of hydrogen-bond donors (Lipinski definition) is 1. The highest BCUT2D eigenvalue weighted by Gasteiger charge is 2.25. The van der Waals surface area contributed by atoms with Crippen molar-refractivity contribution in [2.75, 3.05) is 0 Å². The molecule has 0 aliphatic heterocycles. The summed E-state index contributed by atoms with van der Waals surface area (Å²) in [6.07, 6.45) is 3.98. The standard InChI is InChI=1S/C13H28O/c1-7-12(3,4)9-11(14)10-13(5,6)8-2/h11,14H,7-10H2,1-6H3. The Morgan fingerprint density at radius 3 is 1.36 bits per heavy atom. The van der Waals surface area contributed by atoms with Gasteiger partial charge in [0.1, 0.15) is 0 Å². The van der Waals surface area contributed by atoms with Gasteiger partial charge in [-0.1, -0.05) is 54.4 Å². The summed E-state index contributed by atoms with van der Waals surface area (Å²) in [5, 5.41) is 9.98. The number of aliphatic hydroxyl groups excluding tert-OH is 1. The predicted molar refractivity (Wildman–Crippen MR) is 63.4 cm³/mol. The lowest BCUT2D eigenvalue weighted by Gasteiger charge is -2.31. The molecule has 0 heterocycles. The van der Waals surface area contributed by atoms with Crippen molar-refractivity contribution in [3.63, 3.8) is 0 Å². The summed E-state index contributed by atoms with van der Waals surface area (Å²) in [5.41, 5.74) is 0.562. The van der Waals surface area contributed by atoms with Crippen LogP contribution in [0.5, 0.6) is 0 Å². The first-order valence-electron chi connectivity index (χ1n) is 5.90. The Bertz CT molecular complexity index is 141. The van der Waals surface area contributed by atoms with Crippen molar-refractivity contribution in [2.45, 2.75) is 73.3 Å². The first-order chi connectivity index (χ1) is 6.22. The molecule has 0 saturated carbocycles. The van der Waals surface area contributed by atoms with Crippen LogP contribution in [0.1, 0.15) is 67.2 Å². The summed E-state index contributed by atoms with van der Waals surface area (Å²) in [6, 6.07) is 0. The van der Waals surface area contributed by atoms with E-state index in [2.05, 4.69) is 41.5 Å². The molecular weight excluding hydrogens is 172 g/mol. The summed E-state index contributed by atoms with van der Waals surface area (Å²) in [7, 11) is 0. The van der Waals surface area contributed by atoms with Crippen molar-refractivity contribution in [3.8, 4) is 0 Å². The van der Waals surface area contributed by atoms with Crippen LogP contribution in [0.3, 0.4) is 0 Å². The average Bonchev–Trinajstić information content (AvgIpc) is 2.02. The maximum atomic E-state index is 9.98. The van der Waals surface area contributed by atoms with Crippen LogP contribution in [0.15, 0.2) is 0 Å². The fraction of sp³-hybridized carbons (Fsp3) is 1.00. The zero-order valence-corrected chi connectivity index (χ0v) is 10.9. The third-order valence-corrected chi connectivity index (χ3v) is 3.49. The minimum absolute atomic E-state index is 0.139. The van der Waals surface area contributed by atoms with Crippen molar-refractivity contribution in [1.82, 2.24) is 0 Å². The summed E-state index contributed by atoms with van der Waals surface area (Å²) in [4.78, 5) is 0. The minimum Gasteiger partial charge on any atom is -0.393 e. The Hall–Kier alpha value is -0.0400. The van der Waals surface area contributed by atoms with Crippen LogP contribution >= 0.6 is 0 Å². The molecule has 14 heavy (non-hydrogen) atoms. The van der Waals surface area contributed by atoms with Gasteiger partial charge in [-0.25, -0.2) is 0 Å². The first kappa shape index (κ1) is 14.0. The van der Waals surface area contributed by atoms with E-state index in [0.717, 1.165) is 25.7 Å². The number of hydrogen-bond acceptors (Lipinski definition) is 1. The van der Waals surface area contributed by atoms with E-state index in [4.69, 9.17) is 0 Å². The van der Waals surface area contributed by atoms with Crippen molar-refractivity contribution in [3.05, 3.63) is 0 Å². The largest absolute Gasteiger partial charge is 0.393 e. The second-order valence-corrected chi connectivity index (χ2v) is 6.10. The lowest BCUT2D eigenvalue weighted by Crippen LogP contribution is -2.25. The predicted octanol–water partition coefficient (Wildman–Crippen LogP) is 4.00. The van der Waals surface area contributed by atoms with E-state index in [-0.39, 0.29) is 16.9 Å². The molecule has 0 radical (unpaired) electrons. The molecule has 0 spiro atoms. The van der Waals surface area contributed by atoms with E-state index in [1.54, 1.807) is 0 Å². The second-order valence-electron chi connectivity index (χ2n) is 6.10. The topological polar surface area (TPSA) is 20.2 Å². The molecule has 1 nitrogen and oxygen atoms in total. The maximum absolute atomic E-state index is 9.98. The Morgan fingerprint density at radius 2 is 1.14 bits per heavy atom. The third-order valence-electron chi connectivity index (χ3n) is 3.49. The third kappa shape index (κ3) is 5.64. The summed E-state index contributed by atoms with van der Waals surface area (Å²) >= 11 is 0. The molecule has 1 N–H and O–H groups in total. The highest BCUT2D eigenvalue weighted by atomic mass is 16.3. The molecule has 0 atom stereocenters. The van der Waals surface area contributed by atoms with Crippen LogP contribution in [0.4, 0.5) is 0 Å². The van der Waals surface area contributed by atoms with Gasteiger partial charge in [0.25, 0.3) is 0 Å². The monoisotopic (exact) mass is 200 g/mol. The molecule has 0 aromatic heterocycles. The summed E-state index contributed by atoms with van der Waals surface area (Å²) in [5.74, 6) is 0. The van der Waals surface area contributed by atoms with Gasteiger partial charge < -0.3 is 5.11 Å². The molecule has 0 saturated heterocycles. The molecule has 0 aliphatic carbocycles. The van der Waals surface area contributed by atoms with E-state index < -0.39 is 0 Å². The zero-order chi connectivity index (χ0) is 11.4. The van der Waals surface area contributed by atoms with E-state index in [1.165, 1.54) is 0 Å². The molecule has 0 bridgehead atoms. The Kier molecular flexibility index (Phi) is 5.14. The fourth-order valence-electron chi connectivity index (χ4n) is 1.64. The number of aliphatic hydroxyl groups is 1. The smallest absolute Gasteiger partial charge is 0.0550 e. The van der Waals surface area contributed by atoms with Gasteiger partial charge in [0, 0.05) is 0 Å². The first-order valence-corrected chi connectivity index (χ1v) is 5.90. The SMILES string of the molecule is CCC(C)(C)CC(O)CC(C)(C)CC. The highest BCUT2D eigenvalue weighted by molar-refractivity contribution is 4.77. The van der Waals surface area contributed by atoms with E-state index in [9.17, 15) is 5.11 Å².